The molecule has 9 heteroatoms. The Bertz CT molecular complexity index is 913. The number of rotatable bonds is 6. The number of aliphatic imine (C=N–C) groups is 1. The van der Waals surface area contributed by atoms with Crippen LogP contribution < -0.4 is 0 Å². The number of carbonyl (C=O) groups excluding carboxylic acids is 4. The van der Waals surface area contributed by atoms with Crippen molar-refractivity contribution >= 4 is 29.6 Å². The Kier molecular flexibility index (Phi) is 7.46. The normalized spacial score (nSPS) is 18.2. The third-order valence-electron chi connectivity index (χ3n) is 4.70. The number of hydrogen-bond donors (Lipinski definition) is 0. The van der Waals surface area contributed by atoms with Crippen LogP contribution in [0.3, 0.4) is 0 Å². The summed E-state index contributed by atoms with van der Waals surface area (Å²) in [6.07, 6.45) is 0. The maximum absolute atomic E-state index is 12.9. The molecule has 1 aliphatic heterocycles. The third-order valence-corrected chi connectivity index (χ3v) is 4.70. The molecule has 0 bridgehead atoms. The van der Waals surface area contributed by atoms with Crippen LogP contribution in [0, 0.1) is 11.8 Å². The largest absolute Gasteiger partial charge is 0.468 e. The first kappa shape index (κ1) is 22.8. The summed E-state index contributed by atoms with van der Waals surface area (Å²) in [5, 5.41) is 0. The van der Waals surface area contributed by atoms with Crippen LogP contribution in [-0.4, -0.2) is 50.9 Å². The van der Waals surface area contributed by atoms with Gasteiger partial charge < -0.3 is 18.9 Å². The minimum absolute atomic E-state index is 0.0514. The van der Waals surface area contributed by atoms with Gasteiger partial charge in [-0.3, -0.25) is 14.6 Å². The minimum atomic E-state index is -1.25. The lowest BCUT2D eigenvalue weighted by atomic mass is 9.80. The molecular formula is C21H23NO8. The molecule has 1 aromatic rings. The van der Waals surface area contributed by atoms with Crippen LogP contribution in [0.4, 0.5) is 0 Å². The minimum Gasteiger partial charge on any atom is -0.468 e. The topological polar surface area (TPSA) is 118 Å². The zero-order valence-corrected chi connectivity index (χ0v) is 17.4. The van der Waals surface area contributed by atoms with Crippen molar-refractivity contribution in [3.05, 3.63) is 46.7 Å². The predicted octanol–water partition coefficient (Wildman–Crippen LogP) is 1.84. The summed E-state index contributed by atoms with van der Waals surface area (Å²) >= 11 is 0. The van der Waals surface area contributed by atoms with E-state index < -0.39 is 35.7 Å². The number of nitrogens with zero attached hydrogens (tertiary/aromatic N) is 1. The van der Waals surface area contributed by atoms with E-state index in [0.29, 0.717) is 16.8 Å². The molecule has 2 rings (SSSR count). The average Bonchev–Trinajstić information content (AvgIpc) is 2.75. The van der Waals surface area contributed by atoms with Gasteiger partial charge in [0.05, 0.1) is 32.5 Å². The van der Waals surface area contributed by atoms with Gasteiger partial charge in [0.1, 0.15) is 18.4 Å². The van der Waals surface area contributed by atoms with Crippen LogP contribution in [-0.2, 0) is 39.9 Å². The third kappa shape index (κ3) is 4.73. The number of esters is 4. The zero-order chi connectivity index (χ0) is 22.4. The number of allylic oxidation sites excluding steroid dienone is 1. The number of ether oxygens (including phenoxy) is 4. The van der Waals surface area contributed by atoms with Crippen LogP contribution in [0.1, 0.15) is 29.8 Å². The van der Waals surface area contributed by atoms with E-state index in [1.165, 1.54) is 33.5 Å². The highest BCUT2D eigenvalue weighted by Crippen LogP contribution is 2.33. The predicted molar refractivity (Wildman–Crippen MR) is 104 cm³/mol. The van der Waals surface area contributed by atoms with Gasteiger partial charge in [0.2, 0.25) is 0 Å². The van der Waals surface area contributed by atoms with Gasteiger partial charge in [-0.1, -0.05) is 12.1 Å². The summed E-state index contributed by atoms with van der Waals surface area (Å²) in [6.45, 7) is 2.99. The maximum Gasteiger partial charge on any atom is 0.337 e. The highest BCUT2D eigenvalue weighted by Gasteiger charge is 2.46. The Hall–Kier alpha value is -3.49. The second-order valence-corrected chi connectivity index (χ2v) is 6.52. The van der Waals surface area contributed by atoms with Gasteiger partial charge in [0.15, 0.2) is 0 Å². The average molecular weight is 417 g/mol. The fraction of sp³-hybridized carbons (Fsp3) is 0.381. The van der Waals surface area contributed by atoms with Crippen molar-refractivity contribution in [2.45, 2.75) is 20.5 Å². The van der Waals surface area contributed by atoms with Gasteiger partial charge in [-0.2, -0.15) is 0 Å². The van der Waals surface area contributed by atoms with Gasteiger partial charge in [0, 0.05) is 11.4 Å². The first-order chi connectivity index (χ1) is 14.2. The Balaban J connectivity index is 2.28. The fourth-order valence-electron chi connectivity index (χ4n) is 3.20. The molecule has 1 heterocycles. The lowest BCUT2D eigenvalue weighted by Gasteiger charge is -2.29. The van der Waals surface area contributed by atoms with E-state index in [2.05, 4.69) is 9.73 Å². The second-order valence-electron chi connectivity index (χ2n) is 6.52. The number of benzene rings is 1. The molecule has 9 nitrogen and oxygen atoms in total. The van der Waals surface area contributed by atoms with Crippen LogP contribution in [0.15, 0.2) is 40.5 Å². The van der Waals surface area contributed by atoms with Gasteiger partial charge in [-0.25, -0.2) is 9.59 Å². The van der Waals surface area contributed by atoms with Crippen molar-refractivity contribution in [3.8, 4) is 0 Å². The standard InChI is InChI=1S/C21H23NO8/c1-11-15(19(24)28-4)17(16(12(2)22-11)20(25)29-5)21(26)30-10-13-6-8-14(9-7-13)18(23)27-3/h6-9,15,17H,10H2,1-5H3/t15?,17-/m0/s1. The van der Waals surface area contributed by atoms with E-state index in [-0.39, 0.29) is 17.9 Å². The molecule has 1 unspecified atom stereocenters. The highest BCUT2D eigenvalue weighted by atomic mass is 16.5. The molecular weight excluding hydrogens is 394 g/mol. The first-order valence-electron chi connectivity index (χ1n) is 9.01. The molecule has 0 fully saturated rings. The second kappa shape index (κ2) is 9.82. The molecule has 2 atom stereocenters. The summed E-state index contributed by atoms with van der Waals surface area (Å²) in [5.41, 5.74) is 1.50. The smallest absolute Gasteiger partial charge is 0.337 e. The Morgan fingerprint density at radius 1 is 0.833 bits per heavy atom. The lowest BCUT2D eigenvalue weighted by molar-refractivity contribution is -0.157. The lowest BCUT2D eigenvalue weighted by Crippen LogP contribution is -2.42. The molecule has 0 spiro atoms. The van der Waals surface area contributed by atoms with Gasteiger partial charge >= 0.3 is 23.9 Å². The molecule has 160 valence electrons. The van der Waals surface area contributed by atoms with E-state index in [0.717, 1.165) is 0 Å². The van der Waals surface area contributed by atoms with E-state index in [4.69, 9.17) is 14.2 Å². The number of hydrogen-bond acceptors (Lipinski definition) is 9. The van der Waals surface area contributed by atoms with Crippen LogP contribution in [0.2, 0.25) is 0 Å². The molecule has 0 radical (unpaired) electrons. The van der Waals surface area contributed by atoms with E-state index >= 15 is 0 Å². The molecule has 0 N–H and O–H groups in total. The Morgan fingerprint density at radius 2 is 1.43 bits per heavy atom. The molecule has 0 saturated carbocycles. The summed E-state index contributed by atoms with van der Waals surface area (Å²) < 4.78 is 19.6. The van der Waals surface area contributed by atoms with Gasteiger partial charge in [0.25, 0.3) is 0 Å². The number of methoxy groups -OCH3 is 3. The molecule has 30 heavy (non-hydrogen) atoms. The van der Waals surface area contributed by atoms with Crippen molar-refractivity contribution in [1.82, 2.24) is 0 Å². The molecule has 1 aliphatic rings. The summed E-state index contributed by atoms with van der Waals surface area (Å²) in [6, 6.07) is 6.28. The summed E-state index contributed by atoms with van der Waals surface area (Å²) in [5.74, 6) is -5.13. The van der Waals surface area contributed by atoms with Crippen molar-refractivity contribution in [2.24, 2.45) is 16.8 Å². The van der Waals surface area contributed by atoms with Crippen LogP contribution in [0.5, 0.6) is 0 Å². The number of carbonyl (C=O) groups is 4. The molecule has 0 aromatic heterocycles. The first-order valence-corrected chi connectivity index (χ1v) is 9.01. The van der Waals surface area contributed by atoms with Crippen molar-refractivity contribution in [1.29, 1.82) is 0 Å². The van der Waals surface area contributed by atoms with E-state index in [9.17, 15) is 19.2 Å². The molecule has 0 amide bonds. The summed E-state index contributed by atoms with van der Waals surface area (Å²) in [7, 11) is 3.63. The molecule has 0 aliphatic carbocycles. The zero-order valence-electron chi connectivity index (χ0n) is 17.4. The fourth-order valence-corrected chi connectivity index (χ4v) is 3.20. The Labute approximate surface area is 173 Å². The van der Waals surface area contributed by atoms with Crippen molar-refractivity contribution in [2.75, 3.05) is 21.3 Å². The van der Waals surface area contributed by atoms with Crippen LogP contribution in [0.25, 0.3) is 0 Å². The molecule has 1 aromatic carbocycles. The molecule has 0 saturated heterocycles. The van der Waals surface area contributed by atoms with Crippen molar-refractivity contribution < 1.29 is 38.1 Å². The monoisotopic (exact) mass is 417 g/mol. The van der Waals surface area contributed by atoms with Gasteiger partial charge in [-0.05, 0) is 31.5 Å². The maximum atomic E-state index is 12.9. The quantitative estimate of drug-likeness (QED) is 0.508. The highest BCUT2D eigenvalue weighted by molar-refractivity contribution is 6.10. The van der Waals surface area contributed by atoms with Crippen LogP contribution >= 0.6 is 0 Å². The van der Waals surface area contributed by atoms with E-state index in [1.807, 2.05) is 0 Å². The Morgan fingerprint density at radius 3 is 1.97 bits per heavy atom. The van der Waals surface area contributed by atoms with Gasteiger partial charge in [-0.15, -0.1) is 0 Å². The van der Waals surface area contributed by atoms with Crippen molar-refractivity contribution in [3.63, 3.8) is 0 Å². The summed E-state index contributed by atoms with van der Waals surface area (Å²) in [4.78, 5) is 53.3. The van der Waals surface area contributed by atoms with E-state index in [1.54, 1.807) is 26.0 Å². The SMILES string of the molecule is COC(=O)C1=C(C)N=C(C)C(C(=O)OC)[C@@H]1C(=O)OCc1ccc(C(=O)OC)cc1.